The van der Waals surface area contributed by atoms with Crippen molar-refractivity contribution >= 4 is 5.69 Å². The molecule has 1 aromatic heterocycles. The van der Waals surface area contributed by atoms with Gasteiger partial charge in [0.2, 0.25) is 0 Å². The van der Waals surface area contributed by atoms with Crippen LogP contribution in [0.3, 0.4) is 0 Å². The maximum atomic E-state index is 5.51. The van der Waals surface area contributed by atoms with Crippen LogP contribution in [0.2, 0.25) is 0 Å². The van der Waals surface area contributed by atoms with E-state index in [0.29, 0.717) is 5.69 Å². The number of aromatic nitrogens is 2. The molecule has 1 aliphatic rings. The van der Waals surface area contributed by atoms with Gasteiger partial charge < -0.3 is 10.5 Å². The minimum absolute atomic E-state index is 0.616. The van der Waals surface area contributed by atoms with Crippen LogP contribution in [0.4, 0.5) is 5.69 Å². The van der Waals surface area contributed by atoms with Crippen molar-refractivity contribution in [2.75, 3.05) is 38.6 Å². The second kappa shape index (κ2) is 5.04. The summed E-state index contributed by atoms with van der Waals surface area (Å²) in [5.41, 5.74) is 6.13. The normalized spacial score (nSPS) is 17.9. The van der Waals surface area contributed by atoms with E-state index in [2.05, 4.69) is 14.9 Å². The molecule has 0 unspecified atom stereocenters. The molecule has 0 amide bonds. The van der Waals surface area contributed by atoms with Gasteiger partial charge in [-0.05, 0) is 0 Å². The maximum Gasteiger partial charge on any atom is 0.129 e. The van der Waals surface area contributed by atoms with Crippen LogP contribution in [-0.4, -0.2) is 47.7 Å². The Kier molecular flexibility index (Phi) is 3.47. The van der Waals surface area contributed by atoms with Gasteiger partial charge >= 0.3 is 0 Å². The van der Waals surface area contributed by atoms with E-state index in [1.54, 1.807) is 12.4 Å². The second-order valence-electron chi connectivity index (χ2n) is 3.64. The topological polar surface area (TPSA) is 64.3 Å². The number of nitrogen functional groups attached to an aromatic ring is 1. The van der Waals surface area contributed by atoms with Crippen LogP contribution in [0.1, 0.15) is 5.82 Å². The molecule has 0 saturated carbocycles. The first kappa shape index (κ1) is 10.3. The Balaban J connectivity index is 1.79. The molecule has 82 valence electrons. The highest BCUT2D eigenvalue weighted by atomic mass is 16.5. The van der Waals surface area contributed by atoms with Crippen molar-refractivity contribution in [2.45, 2.75) is 6.42 Å². The molecule has 0 radical (unpaired) electrons. The molecule has 15 heavy (non-hydrogen) atoms. The zero-order chi connectivity index (χ0) is 10.5. The van der Waals surface area contributed by atoms with Gasteiger partial charge in [0.1, 0.15) is 5.82 Å². The van der Waals surface area contributed by atoms with Crippen LogP contribution in [0, 0.1) is 0 Å². The first-order valence-electron chi connectivity index (χ1n) is 5.21. The van der Waals surface area contributed by atoms with Crippen molar-refractivity contribution in [1.29, 1.82) is 0 Å². The van der Waals surface area contributed by atoms with E-state index in [9.17, 15) is 0 Å². The first-order chi connectivity index (χ1) is 7.34. The van der Waals surface area contributed by atoms with Gasteiger partial charge in [0.15, 0.2) is 0 Å². The Morgan fingerprint density at radius 2 is 1.93 bits per heavy atom. The lowest BCUT2D eigenvalue weighted by atomic mass is 10.3. The summed E-state index contributed by atoms with van der Waals surface area (Å²) in [7, 11) is 0. The Labute approximate surface area is 89.3 Å². The van der Waals surface area contributed by atoms with Crippen molar-refractivity contribution in [3.8, 4) is 0 Å². The largest absolute Gasteiger partial charge is 0.396 e. The predicted molar refractivity (Wildman–Crippen MR) is 57.4 cm³/mol. The molecule has 0 aromatic carbocycles. The fourth-order valence-electron chi connectivity index (χ4n) is 1.58. The summed E-state index contributed by atoms with van der Waals surface area (Å²) < 4.78 is 5.28. The van der Waals surface area contributed by atoms with Gasteiger partial charge in [-0.2, -0.15) is 0 Å². The van der Waals surface area contributed by atoms with E-state index >= 15 is 0 Å². The average Bonchev–Trinajstić information content (AvgIpc) is 2.30. The van der Waals surface area contributed by atoms with Gasteiger partial charge in [-0.25, -0.2) is 9.97 Å². The molecule has 1 aliphatic heterocycles. The minimum Gasteiger partial charge on any atom is -0.396 e. The smallest absolute Gasteiger partial charge is 0.129 e. The zero-order valence-electron chi connectivity index (χ0n) is 8.72. The van der Waals surface area contributed by atoms with E-state index in [1.165, 1.54) is 0 Å². The van der Waals surface area contributed by atoms with Gasteiger partial charge in [0.25, 0.3) is 0 Å². The Hall–Kier alpha value is -1.20. The van der Waals surface area contributed by atoms with E-state index in [0.717, 1.165) is 45.1 Å². The third-order valence-electron chi connectivity index (χ3n) is 2.48. The zero-order valence-corrected chi connectivity index (χ0v) is 8.72. The standard InChI is InChI=1S/C10H16N4O/c11-9-7-12-10(13-8-9)1-2-14-3-5-15-6-4-14/h7-8H,1-6,11H2. The molecule has 0 spiro atoms. The molecule has 1 aromatic rings. The van der Waals surface area contributed by atoms with Crippen molar-refractivity contribution in [1.82, 2.24) is 14.9 Å². The fourth-order valence-corrected chi connectivity index (χ4v) is 1.58. The van der Waals surface area contributed by atoms with Crippen molar-refractivity contribution < 1.29 is 4.74 Å². The lowest BCUT2D eigenvalue weighted by Gasteiger charge is -2.26. The van der Waals surface area contributed by atoms with Crippen LogP contribution in [-0.2, 0) is 11.2 Å². The summed E-state index contributed by atoms with van der Waals surface area (Å²) >= 11 is 0. The number of nitrogens with zero attached hydrogens (tertiary/aromatic N) is 3. The van der Waals surface area contributed by atoms with Gasteiger partial charge in [-0.1, -0.05) is 0 Å². The average molecular weight is 208 g/mol. The quantitative estimate of drug-likeness (QED) is 0.753. The van der Waals surface area contributed by atoms with Crippen LogP contribution in [0.15, 0.2) is 12.4 Å². The Morgan fingerprint density at radius 3 is 2.60 bits per heavy atom. The molecule has 2 N–H and O–H groups in total. The van der Waals surface area contributed by atoms with Crippen LogP contribution in [0.5, 0.6) is 0 Å². The molecule has 5 nitrogen and oxygen atoms in total. The number of morpholine rings is 1. The molecule has 5 heteroatoms. The summed E-state index contributed by atoms with van der Waals surface area (Å²) in [6, 6.07) is 0. The van der Waals surface area contributed by atoms with Crippen molar-refractivity contribution in [2.24, 2.45) is 0 Å². The number of rotatable bonds is 3. The number of nitrogens with two attached hydrogens (primary N) is 1. The number of hydrogen-bond donors (Lipinski definition) is 1. The number of anilines is 1. The SMILES string of the molecule is Nc1cnc(CCN2CCOCC2)nc1. The molecular weight excluding hydrogens is 192 g/mol. The third kappa shape index (κ3) is 3.14. The first-order valence-corrected chi connectivity index (χ1v) is 5.21. The van der Waals surface area contributed by atoms with E-state index in [1.807, 2.05) is 0 Å². The second-order valence-corrected chi connectivity index (χ2v) is 3.64. The van der Waals surface area contributed by atoms with Crippen LogP contribution >= 0.6 is 0 Å². The molecule has 0 atom stereocenters. The van der Waals surface area contributed by atoms with Crippen molar-refractivity contribution in [3.05, 3.63) is 18.2 Å². The fraction of sp³-hybridized carbons (Fsp3) is 0.600. The monoisotopic (exact) mass is 208 g/mol. The molecule has 1 fully saturated rings. The lowest BCUT2D eigenvalue weighted by molar-refractivity contribution is 0.0382. The Bertz CT molecular complexity index is 295. The van der Waals surface area contributed by atoms with Gasteiger partial charge in [0.05, 0.1) is 31.3 Å². The molecule has 0 bridgehead atoms. The molecule has 2 heterocycles. The summed E-state index contributed by atoms with van der Waals surface area (Å²) in [5, 5.41) is 0. The third-order valence-corrected chi connectivity index (χ3v) is 2.48. The molecule has 1 saturated heterocycles. The highest BCUT2D eigenvalue weighted by Crippen LogP contribution is 2.01. The van der Waals surface area contributed by atoms with Gasteiger partial charge in [-0.3, -0.25) is 4.90 Å². The van der Waals surface area contributed by atoms with Gasteiger partial charge in [0, 0.05) is 26.1 Å². The Morgan fingerprint density at radius 1 is 1.27 bits per heavy atom. The number of ether oxygens (including phenoxy) is 1. The number of hydrogen-bond acceptors (Lipinski definition) is 5. The van der Waals surface area contributed by atoms with Crippen molar-refractivity contribution in [3.63, 3.8) is 0 Å². The maximum absolute atomic E-state index is 5.51. The minimum atomic E-state index is 0.616. The molecule has 2 rings (SSSR count). The highest BCUT2D eigenvalue weighted by molar-refractivity contribution is 5.30. The molecular formula is C10H16N4O. The molecule has 0 aliphatic carbocycles. The van der Waals surface area contributed by atoms with E-state index < -0.39 is 0 Å². The lowest BCUT2D eigenvalue weighted by Crippen LogP contribution is -2.37. The summed E-state index contributed by atoms with van der Waals surface area (Å²) in [6.45, 7) is 4.68. The summed E-state index contributed by atoms with van der Waals surface area (Å²) in [6.07, 6.45) is 4.18. The van der Waals surface area contributed by atoms with E-state index in [-0.39, 0.29) is 0 Å². The van der Waals surface area contributed by atoms with E-state index in [4.69, 9.17) is 10.5 Å². The van der Waals surface area contributed by atoms with Crippen LogP contribution in [0.25, 0.3) is 0 Å². The van der Waals surface area contributed by atoms with Gasteiger partial charge in [-0.15, -0.1) is 0 Å². The predicted octanol–water partition coefficient (Wildman–Crippen LogP) is -0.0665. The summed E-state index contributed by atoms with van der Waals surface area (Å²) in [5.74, 6) is 0.857. The summed E-state index contributed by atoms with van der Waals surface area (Å²) in [4.78, 5) is 10.7. The highest BCUT2D eigenvalue weighted by Gasteiger charge is 2.10. The van der Waals surface area contributed by atoms with Crippen LogP contribution < -0.4 is 5.73 Å².